The molecule has 1 rings (SSSR count). The summed E-state index contributed by atoms with van der Waals surface area (Å²) in [5.41, 5.74) is -1.65. The van der Waals surface area contributed by atoms with Crippen molar-refractivity contribution >= 4 is 23.9 Å². The van der Waals surface area contributed by atoms with Crippen molar-refractivity contribution in [1.29, 1.82) is 0 Å². The Labute approximate surface area is 239 Å². The number of benzene rings is 1. The van der Waals surface area contributed by atoms with Crippen molar-refractivity contribution in [2.24, 2.45) is 23.7 Å². The highest BCUT2D eigenvalue weighted by Crippen LogP contribution is 2.32. The SMILES string of the molecule is CCC(C)CC(=O)Oc1ccc(C[C@](NC(C)CC)(OC(=O)C(C)C(C)C)C(=O)O)cc1OC(=O)CC(C)CC. The summed E-state index contributed by atoms with van der Waals surface area (Å²) < 4.78 is 16.9. The molecule has 0 saturated heterocycles. The summed E-state index contributed by atoms with van der Waals surface area (Å²) in [5.74, 6) is -3.24. The Balaban J connectivity index is 3.50. The molecule has 0 fully saturated rings. The van der Waals surface area contributed by atoms with E-state index in [1.54, 1.807) is 19.9 Å². The van der Waals surface area contributed by atoms with Gasteiger partial charge in [-0.25, -0.2) is 4.79 Å². The number of carboxylic acid groups (broad SMARTS) is 1. The van der Waals surface area contributed by atoms with Gasteiger partial charge in [-0.15, -0.1) is 0 Å². The van der Waals surface area contributed by atoms with Crippen LogP contribution in [0.5, 0.6) is 11.5 Å². The van der Waals surface area contributed by atoms with Crippen molar-refractivity contribution in [3.8, 4) is 11.5 Å². The first kappa shape index (κ1) is 35.1. The topological polar surface area (TPSA) is 128 Å². The number of aliphatic carboxylic acids is 1. The lowest BCUT2D eigenvalue weighted by atomic mass is 9.97. The van der Waals surface area contributed by atoms with Crippen LogP contribution in [0.3, 0.4) is 0 Å². The Morgan fingerprint density at radius 3 is 1.80 bits per heavy atom. The van der Waals surface area contributed by atoms with Crippen LogP contribution in [0.25, 0.3) is 0 Å². The number of nitrogens with one attached hydrogen (secondary N) is 1. The molecule has 0 amide bonds. The summed E-state index contributed by atoms with van der Waals surface area (Å²) in [6.07, 6.45) is 2.30. The molecular weight excluding hydrogens is 514 g/mol. The highest BCUT2D eigenvalue weighted by Gasteiger charge is 2.45. The second-order valence-corrected chi connectivity index (χ2v) is 11.4. The second kappa shape index (κ2) is 16.4. The van der Waals surface area contributed by atoms with E-state index in [1.807, 2.05) is 48.5 Å². The Hall–Kier alpha value is -2.94. The van der Waals surface area contributed by atoms with Crippen LogP contribution in [-0.4, -0.2) is 40.8 Å². The Kier molecular flexibility index (Phi) is 14.3. The van der Waals surface area contributed by atoms with E-state index < -0.39 is 35.5 Å². The zero-order valence-corrected chi connectivity index (χ0v) is 25.7. The minimum Gasteiger partial charge on any atom is -0.477 e. The summed E-state index contributed by atoms with van der Waals surface area (Å²) in [6, 6.07) is 4.24. The minimum absolute atomic E-state index is 0.00742. The average Bonchev–Trinajstić information content (AvgIpc) is 2.88. The predicted octanol–water partition coefficient (Wildman–Crippen LogP) is 5.92. The number of hydrogen-bond acceptors (Lipinski definition) is 8. The number of hydrogen-bond donors (Lipinski definition) is 2. The number of rotatable bonds is 17. The van der Waals surface area contributed by atoms with Crippen molar-refractivity contribution in [2.45, 2.75) is 113 Å². The zero-order valence-electron chi connectivity index (χ0n) is 25.7. The fourth-order valence-electron chi connectivity index (χ4n) is 3.63. The van der Waals surface area contributed by atoms with Crippen LogP contribution >= 0.6 is 0 Å². The van der Waals surface area contributed by atoms with Gasteiger partial charge in [0.1, 0.15) is 0 Å². The zero-order chi connectivity index (χ0) is 30.6. The molecule has 5 atom stereocenters. The summed E-state index contributed by atoms with van der Waals surface area (Å²) in [5, 5.41) is 13.3. The quantitative estimate of drug-likeness (QED) is 0.135. The minimum atomic E-state index is -2.07. The van der Waals surface area contributed by atoms with Gasteiger partial charge in [-0.05, 0) is 48.8 Å². The summed E-state index contributed by atoms with van der Waals surface area (Å²) in [6.45, 7) is 16.9. The maximum atomic E-state index is 12.9. The summed E-state index contributed by atoms with van der Waals surface area (Å²) in [4.78, 5) is 50.8. The van der Waals surface area contributed by atoms with Gasteiger partial charge in [0.15, 0.2) is 11.5 Å². The van der Waals surface area contributed by atoms with E-state index in [0.717, 1.165) is 12.8 Å². The molecule has 0 aliphatic carbocycles. The first-order valence-corrected chi connectivity index (χ1v) is 14.5. The fraction of sp³-hybridized carbons (Fsp3) is 0.677. The predicted molar refractivity (Wildman–Crippen MR) is 153 cm³/mol. The molecule has 0 aliphatic heterocycles. The van der Waals surface area contributed by atoms with E-state index in [1.165, 1.54) is 12.1 Å². The molecule has 4 unspecified atom stereocenters. The molecule has 1 aromatic carbocycles. The number of carbonyl (C=O) groups excluding carboxylic acids is 3. The molecular formula is C31H49NO8. The third kappa shape index (κ3) is 10.9. The van der Waals surface area contributed by atoms with Gasteiger partial charge in [0.05, 0.1) is 5.92 Å². The van der Waals surface area contributed by atoms with Crippen LogP contribution < -0.4 is 14.8 Å². The number of carboxylic acids is 1. The van der Waals surface area contributed by atoms with Gasteiger partial charge < -0.3 is 19.3 Å². The maximum Gasteiger partial charge on any atom is 0.364 e. The van der Waals surface area contributed by atoms with Crippen molar-refractivity contribution in [2.75, 3.05) is 0 Å². The molecule has 0 aliphatic rings. The molecule has 9 nitrogen and oxygen atoms in total. The Bertz CT molecular complexity index is 1010. The van der Waals surface area contributed by atoms with Crippen LogP contribution in [0.1, 0.15) is 100.0 Å². The van der Waals surface area contributed by atoms with E-state index in [0.29, 0.717) is 12.0 Å². The van der Waals surface area contributed by atoms with Crippen molar-refractivity contribution < 1.29 is 38.5 Å². The number of esters is 3. The normalized spacial score (nSPS) is 15.8. The lowest BCUT2D eigenvalue weighted by Crippen LogP contribution is -2.60. The molecule has 0 saturated carbocycles. The summed E-state index contributed by atoms with van der Waals surface area (Å²) in [7, 11) is 0. The van der Waals surface area contributed by atoms with Gasteiger partial charge in [-0.1, -0.05) is 74.3 Å². The van der Waals surface area contributed by atoms with Gasteiger partial charge in [-0.2, -0.15) is 0 Å². The standard InChI is InChI=1S/C31H49NO8/c1-10-20(6)15-27(33)38-25-14-13-24(17-26(25)39-28(34)16-21(7)11-2)18-31(30(36)37,32-22(8)12-3)40-29(35)23(9)19(4)5/h13-14,17,19-23,32H,10-12,15-16,18H2,1-9H3,(H,36,37)/t20?,21?,22?,23?,31-/m0/s1. The Morgan fingerprint density at radius 2 is 1.35 bits per heavy atom. The number of ether oxygens (including phenoxy) is 3. The molecule has 1 aromatic rings. The molecule has 0 bridgehead atoms. The highest BCUT2D eigenvalue weighted by molar-refractivity contribution is 5.83. The van der Waals surface area contributed by atoms with E-state index in [9.17, 15) is 24.3 Å². The third-order valence-electron chi connectivity index (χ3n) is 7.42. The molecule has 0 heterocycles. The van der Waals surface area contributed by atoms with E-state index in [2.05, 4.69) is 5.32 Å². The van der Waals surface area contributed by atoms with Crippen LogP contribution in [0.15, 0.2) is 18.2 Å². The van der Waals surface area contributed by atoms with Gasteiger partial charge in [0.2, 0.25) is 0 Å². The summed E-state index contributed by atoms with van der Waals surface area (Å²) >= 11 is 0. The largest absolute Gasteiger partial charge is 0.477 e. The van der Waals surface area contributed by atoms with E-state index >= 15 is 0 Å². The van der Waals surface area contributed by atoms with Gasteiger partial charge in [0.25, 0.3) is 5.72 Å². The lowest BCUT2D eigenvalue weighted by Gasteiger charge is -2.34. The monoisotopic (exact) mass is 563 g/mol. The van der Waals surface area contributed by atoms with E-state index in [-0.39, 0.29) is 54.6 Å². The van der Waals surface area contributed by atoms with E-state index in [4.69, 9.17) is 14.2 Å². The maximum absolute atomic E-state index is 12.9. The van der Waals surface area contributed by atoms with Crippen molar-refractivity contribution in [3.63, 3.8) is 0 Å². The Morgan fingerprint density at radius 1 is 0.825 bits per heavy atom. The molecule has 0 radical (unpaired) electrons. The van der Waals surface area contributed by atoms with Crippen LogP contribution in [0, 0.1) is 23.7 Å². The first-order chi connectivity index (χ1) is 18.7. The molecule has 0 aromatic heterocycles. The van der Waals surface area contributed by atoms with Crippen molar-refractivity contribution in [3.05, 3.63) is 23.8 Å². The van der Waals surface area contributed by atoms with Gasteiger partial charge >= 0.3 is 23.9 Å². The van der Waals surface area contributed by atoms with Crippen molar-refractivity contribution in [1.82, 2.24) is 5.32 Å². The molecule has 40 heavy (non-hydrogen) atoms. The van der Waals surface area contributed by atoms with Crippen LogP contribution in [0.2, 0.25) is 0 Å². The highest BCUT2D eigenvalue weighted by atomic mass is 16.6. The number of carbonyl (C=O) groups is 4. The molecule has 2 N–H and O–H groups in total. The molecule has 226 valence electrons. The van der Waals surface area contributed by atoms with Gasteiger partial charge in [0, 0.05) is 25.3 Å². The van der Waals surface area contributed by atoms with Gasteiger partial charge in [-0.3, -0.25) is 19.7 Å². The lowest BCUT2D eigenvalue weighted by molar-refractivity contribution is -0.188. The smallest absolute Gasteiger partial charge is 0.364 e. The molecule has 0 spiro atoms. The fourth-order valence-corrected chi connectivity index (χ4v) is 3.63. The third-order valence-corrected chi connectivity index (χ3v) is 7.42. The van der Waals surface area contributed by atoms with Crippen LogP contribution in [0.4, 0.5) is 0 Å². The second-order valence-electron chi connectivity index (χ2n) is 11.4. The average molecular weight is 564 g/mol. The molecule has 9 heteroatoms. The first-order valence-electron chi connectivity index (χ1n) is 14.5. The van der Waals surface area contributed by atoms with Crippen LogP contribution in [-0.2, 0) is 30.3 Å².